The fourth-order valence-corrected chi connectivity index (χ4v) is 5.13. The van der Waals surface area contributed by atoms with Gasteiger partial charge in [0.05, 0.1) is 5.41 Å². The predicted octanol–water partition coefficient (Wildman–Crippen LogP) is 4.56. The molecule has 31 heavy (non-hydrogen) atoms. The van der Waals surface area contributed by atoms with E-state index in [1.54, 1.807) is 4.90 Å². The van der Waals surface area contributed by atoms with Crippen LogP contribution in [0.3, 0.4) is 0 Å². The third-order valence-electron chi connectivity index (χ3n) is 7.24. The second kappa shape index (κ2) is 8.49. The molecule has 4 rings (SSSR count). The van der Waals surface area contributed by atoms with E-state index in [1.807, 2.05) is 19.0 Å². The van der Waals surface area contributed by atoms with Crippen molar-refractivity contribution in [3.8, 4) is 11.1 Å². The maximum atomic E-state index is 13.3. The largest absolute Gasteiger partial charge is 0.348 e. The molecule has 0 aromatic heterocycles. The quantitative estimate of drug-likeness (QED) is 0.714. The van der Waals surface area contributed by atoms with Crippen LogP contribution in [-0.4, -0.2) is 48.8 Å². The minimum atomic E-state index is -0.445. The van der Waals surface area contributed by atoms with Gasteiger partial charge in [-0.3, -0.25) is 9.59 Å². The minimum absolute atomic E-state index is 0.181. The molecule has 0 spiro atoms. The predicted molar refractivity (Wildman–Crippen MR) is 125 cm³/mol. The van der Waals surface area contributed by atoms with Crippen LogP contribution in [0.1, 0.15) is 37.3 Å². The van der Waals surface area contributed by atoms with Gasteiger partial charge in [-0.25, -0.2) is 0 Å². The Kier molecular flexibility index (Phi) is 5.92. The van der Waals surface area contributed by atoms with Crippen molar-refractivity contribution in [2.45, 2.75) is 39.5 Å². The SMILES string of the molecule is Cc1ccccc1-c1cccc(CC2(C(=O)N(C)C)CCN(C(=O)[C@H]3C[C@H]3C)CC2)c1. The van der Waals surface area contributed by atoms with Crippen LogP contribution < -0.4 is 0 Å². The third-order valence-corrected chi connectivity index (χ3v) is 7.24. The van der Waals surface area contributed by atoms with Gasteiger partial charge < -0.3 is 9.80 Å². The van der Waals surface area contributed by atoms with Crippen molar-refractivity contribution in [3.05, 3.63) is 59.7 Å². The van der Waals surface area contributed by atoms with Crippen molar-refractivity contribution in [2.24, 2.45) is 17.3 Å². The molecule has 1 heterocycles. The Bertz CT molecular complexity index is 973. The Balaban J connectivity index is 1.56. The van der Waals surface area contributed by atoms with Crippen molar-refractivity contribution in [3.63, 3.8) is 0 Å². The number of piperidine rings is 1. The molecule has 2 fully saturated rings. The lowest BCUT2D eigenvalue weighted by molar-refractivity contribution is -0.146. The van der Waals surface area contributed by atoms with E-state index in [9.17, 15) is 9.59 Å². The van der Waals surface area contributed by atoms with Gasteiger partial charge in [0.15, 0.2) is 0 Å². The lowest BCUT2D eigenvalue weighted by Crippen LogP contribution is -2.51. The Morgan fingerprint density at radius 2 is 1.74 bits per heavy atom. The van der Waals surface area contributed by atoms with Crippen LogP contribution in [0.4, 0.5) is 0 Å². The summed E-state index contributed by atoms with van der Waals surface area (Å²) in [6.45, 7) is 5.64. The van der Waals surface area contributed by atoms with E-state index < -0.39 is 5.41 Å². The highest BCUT2D eigenvalue weighted by Gasteiger charge is 2.46. The van der Waals surface area contributed by atoms with Crippen molar-refractivity contribution in [1.29, 1.82) is 0 Å². The molecule has 2 aromatic rings. The van der Waals surface area contributed by atoms with Gasteiger partial charge in [-0.2, -0.15) is 0 Å². The molecule has 2 aliphatic rings. The molecule has 2 aromatic carbocycles. The number of carbonyl (C=O) groups excluding carboxylic acids is 2. The van der Waals surface area contributed by atoms with Crippen LogP contribution in [0.2, 0.25) is 0 Å². The Morgan fingerprint density at radius 1 is 1.06 bits per heavy atom. The second-order valence-electron chi connectivity index (χ2n) is 9.82. The van der Waals surface area contributed by atoms with Crippen molar-refractivity contribution < 1.29 is 9.59 Å². The van der Waals surface area contributed by atoms with Crippen LogP contribution >= 0.6 is 0 Å². The molecule has 1 saturated carbocycles. The summed E-state index contributed by atoms with van der Waals surface area (Å²) in [5.41, 5.74) is 4.42. The number of hydrogen-bond acceptors (Lipinski definition) is 2. The fraction of sp³-hybridized carbons (Fsp3) is 0.481. The average molecular weight is 419 g/mol. The van der Waals surface area contributed by atoms with Crippen molar-refractivity contribution in [2.75, 3.05) is 27.2 Å². The zero-order valence-corrected chi connectivity index (χ0v) is 19.2. The molecule has 4 nitrogen and oxygen atoms in total. The first kappa shape index (κ1) is 21.6. The Labute approximate surface area is 186 Å². The normalized spacial score (nSPS) is 22.1. The van der Waals surface area contributed by atoms with E-state index in [1.165, 1.54) is 22.3 Å². The monoisotopic (exact) mass is 418 g/mol. The van der Waals surface area contributed by atoms with Crippen LogP contribution in [0.25, 0.3) is 11.1 Å². The van der Waals surface area contributed by atoms with Gasteiger partial charge in [-0.15, -0.1) is 0 Å². The molecule has 2 amide bonds. The standard InChI is InChI=1S/C27H34N2O2/c1-19-8-5-6-11-23(19)22-10-7-9-21(17-22)18-27(26(31)28(3)4)12-14-29(15-13-27)25(30)24-16-20(24)2/h5-11,17,20,24H,12-16,18H2,1-4H3/t20-,24+/m1/s1. The molecule has 0 bridgehead atoms. The zero-order valence-electron chi connectivity index (χ0n) is 19.2. The summed E-state index contributed by atoms with van der Waals surface area (Å²) < 4.78 is 0. The zero-order chi connectivity index (χ0) is 22.2. The number of carbonyl (C=O) groups is 2. The number of aryl methyl sites for hydroxylation is 1. The number of rotatable bonds is 5. The van der Waals surface area contributed by atoms with Crippen LogP contribution in [0, 0.1) is 24.2 Å². The lowest BCUT2D eigenvalue weighted by Gasteiger charge is -2.42. The van der Waals surface area contributed by atoms with Crippen LogP contribution in [0.5, 0.6) is 0 Å². The molecular weight excluding hydrogens is 384 g/mol. The van der Waals surface area contributed by atoms with Gasteiger partial charge in [0, 0.05) is 33.1 Å². The van der Waals surface area contributed by atoms with Crippen LogP contribution in [0.15, 0.2) is 48.5 Å². The van der Waals surface area contributed by atoms with E-state index in [2.05, 4.69) is 62.4 Å². The van der Waals surface area contributed by atoms with Gasteiger partial charge in [0.1, 0.15) is 0 Å². The van der Waals surface area contributed by atoms with Gasteiger partial charge >= 0.3 is 0 Å². The molecule has 0 unspecified atom stereocenters. The number of amides is 2. The van der Waals surface area contributed by atoms with Gasteiger partial charge in [0.25, 0.3) is 0 Å². The van der Waals surface area contributed by atoms with Crippen molar-refractivity contribution in [1.82, 2.24) is 9.80 Å². The summed E-state index contributed by atoms with van der Waals surface area (Å²) in [4.78, 5) is 29.8. The summed E-state index contributed by atoms with van der Waals surface area (Å²) >= 11 is 0. The lowest BCUT2D eigenvalue weighted by atomic mass is 9.72. The Morgan fingerprint density at radius 3 is 2.35 bits per heavy atom. The number of likely N-dealkylation sites (tertiary alicyclic amines) is 1. The molecule has 2 atom stereocenters. The number of nitrogens with zero attached hydrogens (tertiary/aromatic N) is 2. The number of hydrogen-bond donors (Lipinski definition) is 0. The number of benzene rings is 2. The van der Waals surface area contributed by atoms with Gasteiger partial charge in [0.2, 0.25) is 11.8 Å². The minimum Gasteiger partial charge on any atom is -0.348 e. The smallest absolute Gasteiger partial charge is 0.228 e. The molecule has 4 heteroatoms. The summed E-state index contributed by atoms with van der Waals surface area (Å²) in [5.74, 6) is 1.20. The molecular formula is C27H34N2O2. The Hall–Kier alpha value is -2.62. The third kappa shape index (κ3) is 4.39. The highest BCUT2D eigenvalue weighted by atomic mass is 16.2. The van der Waals surface area contributed by atoms with Crippen LogP contribution in [-0.2, 0) is 16.0 Å². The topological polar surface area (TPSA) is 40.6 Å². The summed E-state index contributed by atoms with van der Waals surface area (Å²) in [5, 5.41) is 0. The summed E-state index contributed by atoms with van der Waals surface area (Å²) in [7, 11) is 3.69. The summed E-state index contributed by atoms with van der Waals surface area (Å²) in [6, 6.07) is 17.0. The van der Waals surface area contributed by atoms with Crippen molar-refractivity contribution >= 4 is 11.8 Å². The molecule has 1 aliphatic carbocycles. The van der Waals surface area contributed by atoms with Gasteiger partial charge in [-0.05, 0) is 60.8 Å². The van der Waals surface area contributed by atoms with E-state index >= 15 is 0 Å². The highest BCUT2D eigenvalue weighted by Crippen LogP contribution is 2.42. The maximum Gasteiger partial charge on any atom is 0.228 e. The first-order chi connectivity index (χ1) is 14.8. The molecule has 164 valence electrons. The second-order valence-corrected chi connectivity index (χ2v) is 9.82. The average Bonchev–Trinajstić information content (AvgIpc) is 3.50. The summed E-state index contributed by atoms with van der Waals surface area (Å²) in [6.07, 6.45) is 3.19. The van der Waals surface area contributed by atoms with E-state index in [0.717, 1.165) is 19.3 Å². The van der Waals surface area contributed by atoms with E-state index in [0.29, 0.717) is 31.3 Å². The van der Waals surface area contributed by atoms with E-state index in [-0.39, 0.29) is 11.8 Å². The van der Waals surface area contributed by atoms with Gasteiger partial charge in [-0.1, -0.05) is 55.5 Å². The molecule has 1 saturated heterocycles. The first-order valence-corrected chi connectivity index (χ1v) is 11.5. The van der Waals surface area contributed by atoms with E-state index in [4.69, 9.17) is 0 Å². The maximum absolute atomic E-state index is 13.3. The highest BCUT2D eigenvalue weighted by molar-refractivity contribution is 5.85. The molecule has 0 N–H and O–H groups in total. The first-order valence-electron chi connectivity index (χ1n) is 11.5. The molecule has 0 radical (unpaired) electrons. The fourth-order valence-electron chi connectivity index (χ4n) is 5.13. The molecule has 1 aliphatic heterocycles.